The molecule has 0 aliphatic rings. The third-order valence-electron chi connectivity index (χ3n) is 4.29. The van der Waals surface area contributed by atoms with E-state index < -0.39 is 60.8 Å². The maximum Gasteiger partial charge on any atom is 0.326 e. The number of amides is 3. The topological polar surface area (TPSA) is 208 Å². The number of rotatable bonds is 13. The molecule has 3 unspecified atom stereocenters. The lowest BCUT2D eigenvalue weighted by atomic mass is 10.1. The second-order valence-corrected chi connectivity index (χ2v) is 7.14. The molecule has 0 saturated heterocycles. The Bertz CT molecular complexity index is 833. The molecule has 0 radical (unpaired) electrons. The minimum absolute atomic E-state index is 0.00156. The molecule has 176 valence electrons. The van der Waals surface area contributed by atoms with E-state index in [0.29, 0.717) is 5.56 Å². The van der Waals surface area contributed by atoms with Gasteiger partial charge in [-0.15, -0.1) is 0 Å². The summed E-state index contributed by atoms with van der Waals surface area (Å²) in [5, 5.41) is 34.5. The average molecular weight is 471 g/mol. The predicted molar refractivity (Wildman–Crippen MR) is 115 cm³/mol. The van der Waals surface area contributed by atoms with Gasteiger partial charge < -0.3 is 37.0 Å². The van der Waals surface area contributed by atoms with Gasteiger partial charge in [-0.3, -0.25) is 19.2 Å². The highest BCUT2D eigenvalue weighted by Gasteiger charge is 2.29. The zero-order valence-corrected chi connectivity index (χ0v) is 17.9. The fourth-order valence-corrected chi connectivity index (χ4v) is 2.85. The molecule has 1 rings (SSSR count). The second kappa shape index (κ2) is 13.2. The molecule has 0 heterocycles. The third kappa shape index (κ3) is 9.22. The summed E-state index contributed by atoms with van der Waals surface area (Å²) < 4.78 is 0. The van der Waals surface area contributed by atoms with Crippen LogP contribution in [0.25, 0.3) is 0 Å². The summed E-state index contributed by atoms with van der Waals surface area (Å²) in [6.45, 7) is -0.426. The molecule has 0 aromatic heterocycles. The largest absolute Gasteiger partial charge is 0.508 e. The Labute approximate surface area is 189 Å². The van der Waals surface area contributed by atoms with Crippen molar-refractivity contribution in [1.82, 2.24) is 16.0 Å². The highest BCUT2D eigenvalue weighted by atomic mass is 32.1. The number of phenols is 1. The van der Waals surface area contributed by atoms with Crippen molar-refractivity contribution in [3.63, 3.8) is 0 Å². The lowest BCUT2D eigenvalue weighted by Gasteiger charge is -2.23. The molecule has 0 aliphatic carbocycles. The van der Waals surface area contributed by atoms with Crippen LogP contribution in [0.15, 0.2) is 24.3 Å². The van der Waals surface area contributed by atoms with E-state index >= 15 is 0 Å². The summed E-state index contributed by atoms with van der Waals surface area (Å²) in [5.74, 6) is -5.06. The molecule has 3 amide bonds. The maximum absolute atomic E-state index is 12.6. The molecule has 8 N–H and O–H groups in total. The van der Waals surface area contributed by atoms with Gasteiger partial charge >= 0.3 is 11.9 Å². The number of carboxylic acid groups (broad SMARTS) is 2. The van der Waals surface area contributed by atoms with Crippen LogP contribution < -0.4 is 21.7 Å². The van der Waals surface area contributed by atoms with Crippen molar-refractivity contribution in [2.75, 3.05) is 12.3 Å². The van der Waals surface area contributed by atoms with E-state index in [-0.39, 0.29) is 24.3 Å². The first-order valence-electron chi connectivity index (χ1n) is 9.50. The van der Waals surface area contributed by atoms with Crippen LogP contribution in [0.3, 0.4) is 0 Å². The third-order valence-corrected chi connectivity index (χ3v) is 4.66. The van der Waals surface area contributed by atoms with Gasteiger partial charge in [0.15, 0.2) is 0 Å². The van der Waals surface area contributed by atoms with E-state index in [1.165, 1.54) is 24.3 Å². The molecular formula is C19H26N4O8S. The lowest BCUT2D eigenvalue weighted by molar-refractivity contribution is -0.142. The van der Waals surface area contributed by atoms with E-state index in [9.17, 15) is 34.2 Å². The molecule has 0 bridgehead atoms. The number of thiol groups is 1. The number of aliphatic carboxylic acids is 2. The molecule has 12 nitrogen and oxygen atoms in total. The Hall–Kier alpha value is -3.32. The van der Waals surface area contributed by atoms with Gasteiger partial charge in [0.25, 0.3) is 0 Å². The normalized spacial score (nSPS) is 13.3. The van der Waals surface area contributed by atoms with Gasteiger partial charge in [0.1, 0.15) is 23.9 Å². The van der Waals surface area contributed by atoms with Gasteiger partial charge in [0.05, 0.1) is 6.54 Å². The summed E-state index contributed by atoms with van der Waals surface area (Å²) in [6.07, 6.45) is -0.747. The summed E-state index contributed by atoms with van der Waals surface area (Å²) in [5.41, 5.74) is 5.74. The average Bonchev–Trinajstić information content (AvgIpc) is 2.75. The number of nitrogens with one attached hydrogen (secondary N) is 3. The van der Waals surface area contributed by atoms with E-state index in [1.54, 1.807) is 0 Å². The minimum Gasteiger partial charge on any atom is -0.508 e. The number of carbonyl (C=O) groups excluding carboxylic acids is 3. The van der Waals surface area contributed by atoms with Crippen molar-refractivity contribution in [3.05, 3.63) is 29.8 Å². The lowest BCUT2D eigenvalue weighted by Crippen LogP contribution is -2.57. The van der Waals surface area contributed by atoms with Crippen LogP contribution in [0.4, 0.5) is 0 Å². The number of carboxylic acids is 2. The molecule has 13 heteroatoms. The van der Waals surface area contributed by atoms with Crippen molar-refractivity contribution in [3.8, 4) is 5.75 Å². The molecule has 1 aromatic rings. The van der Waals surface area contributed by atoms with Crippen LogP contribution >= 0.6 is 12.6 Å². The van der Waals surface area contributed by atoms with Gasteiger partial charge in [0, 0.05) is 18.6 Å². The van der Waals surface area contributed by atoms with Crippen molar-refractivity contribution >= 4 is 42.3 Å². The summed E-state index contributed by atoms with van der Waals surface area (Å²) in [6, 6.07) is 1.91. The van der Waals surface area contributed by atoms with E-state index in [0.717, 1.165) is 0 Å². The Morgan fingerprint density at radius 2 is 1.47 bits per heavy atom. The fourth-order valence-electron chi connectivity index (χ4n) is 2.60. The predicted octanol–water partition coefficient (Wildman–Crippen LogP) is -1.77. The number of hydrogen-bond acceptors (Lipinski definition) is 8. The van der Waals surface area contributed by atoms with Crippen LogP contribution in [0.2, 0.25) is 0 Å². The Morgan fingerprint density at radius 3 is 1.97 bits per heavy atom. The van der Waals surface area contributed by atoms with Crippen molar-refractivity contribution < 1.29 is 39.3 Å². The number of benzene rings is 1. The van der Waals surface area contributed by atoms with Crippen LogP contribution in [0, 0.1) is 0 Å². The first-order chi connectivity index (χ1) is 15.1. The fraction of sp³-hybridized carbons (Fsp3) is 0.421. The van der Waals surface area contributed by atoms with Gasteiger partial charge in [-0.1, -0.05) is 12.1 Å². The number of phenolic OH excluding ortho intramolecular Hbond substituents is 1. The smallest absolute Gasteiger partial charge is 0.326 e. The molecule has 0 saturated carbocycles. The van der Waals surface area contributed by atoms with Crippen LogP contribution in [0.5, 0.6) is 5.75 Å². The van der Waals surface area contributed by atoms with Crippen LogP contribution in [-0.4, -0.2) is 75.4 Å². The standard InChI is InChI=1S/C19H26N4O8S/c20-8-15(25)21-12(5-6-16(26)27)17(28)23-14(9-32)18(29)22-13(19(30)31)7-10-1-3-11(24)4-2-10/h1-4,12-14,24,32H,5-9,20H2,(H,21,25)(H,22,29)(H,23,28)(H,26,27)(H,30,31). The quantitative estimate of drug-likeness (QED) is 0.153. The van der Waals surface area contributed by atoms with E-state index in [4.69, 9.17) is 10.8 Å². The maximum atomic E-state index is 12.6. The van der Waals surface area contributed by atoms with Gasteiger partial charge in [-0.2, -0.15) is 12.6 Å². The van der Waals surface area contributed by atoms with Crippen molar-refractivity contribution in [1.29, 1.82) is 0 Å². The molecule has 1 aromatic carbocycles. The van der Waals surface area contributed by atoms with Gasteiger partial charge in [-0.25, -0.2) is 4.79 Å². The van der Waals surface area contributed by atoms with Crippen LogP contribution in [0.1, 0.15) is 18.4 Å². The molecular weight excluding hydrogens is 444 g/mol. The Kier molecular flexibility index (Phi) is 11.0. The zero-order valence-electron chi connectivity index (χ0n) is 17.0. The van der Waals surface area contributed by atoms with E-state index in [1.807, 2.05) is 0 Å². The summed E-state index contributed by atoms with van der Waals surface area (Å²) in [4.78, 5) is 59.0. The first kappa shape index (κ1) is 26.7. The molecule has 0 spiro atoms. The zero-order chi connectivity index (χ0) is 24.3. The number of nitrogens with two attached hydrogens (primary N) is 1. The SMILES string of the molecule is NCC(=O)NC(CCC(=O)O)C(=O)NC(CS)C(=O)NC(Cc1ccc(O)cc1)C(=O)O. The molecule has 3 atom stereocenters. The Morgan fingerprint density at radius 1 is 0.906 bits per heavy atom. The molecule has 0 fully saturated rings. The number of carbonyl (C=O) groups is 5. The Balaban J connectivity index is 2.84. The summed E-state index contributed by atoms with van der Waals surface area (Å²) in [7, 11) is 0. The van der Waals surface area contributed by atoms with Gasteiger partial charge in [-0.05, 0) is 24.1 Å². The van der Waals surface area contributed by atoms with Crippen LogP contribution in [-0.2, 0) is 30.4 Å². The van der Waals surface area contributed by atoms with Gasteiger partial charge in [0.2, 0.25) is 17.7 Å². The summed E-state index contributed by atoms with van der Waals surface area (Å²) >= 11 is 4.00. The van der Waals surface area contributed by atoms with Crippen molar-refractivity contribution in [2.45, 2.75) is 37.4 Å². The highest BCUT2D eigenvalue weighted by molar-refractivity contribution is 7.80. The van der Waals surface area contributed by atoms with E-state index in [2.05, 4.69) is 28.6 Å². The highest BCUT2D eigenvalue weighted by Crippen LogP contribution is 2.11. The molecule has 32 heavy (non-hydrogen) atoms. The monoisotopic (exact) mass is 470 g/mol. The van der Waals surface area contributed by atoms with Crippen molar-refractivity contribution in [2.24, 2.45) is 5.73 Å². The first-order valence-corrected chi connectivity index (χ1v) is 10.1. The number of hydrogen-bond donors (Lipinski definition) is 8. The number of aromatic hydroxyl groups is 1. The minimum atomic E-state index is -1.33. The molecule has 0 aliphatic heterocycles. The second-order valence-electron chi connectivity index (χ2n) is 6.77.